The van der Waals surface area contributed by atoms with Crippen molar-refractivity contribution in [2.75, 3.05) is 7.11 Å². The molecule has 0 radical (unpaired) electrons. The van der Waals surface area contributed by atoms with Gasteiger partial charge < -0.3 is 25.2 Å². The summed E-state index contributed by atoms with van der Waals surface area (Å²) in [5.74, 6) is -2.43. The van der Waals surface area contributed by atoms with E-state index in [1.165, 1.54) is 25.5 Å². The Kier molecular flexibility index (Phi) is 4.55. The number of hydrogen-bond donors (Lipinski definition) is 5. The molecule has 0 aromatic heterocycles. The lowest BCUT2D eigenvalue weighted by Gasteiger charge is -2.05. The summed E-state index contributed by atoms with van der Waals surface area (Å²) in [5, 5.41) is 41.2. The van der Waals surface area contributed by atoms with Crippen molar-refractivity contribution in [2.45, 2.75) is 0 Å². The van der Waals surface area contributed by atoms with Crippen LogP contribution in [0, 0.1) is 0 Å². The van der Waals surface area contributed by atoms with Gasteiger partial charge in [0.05, 0.1) is 13.3 Å². The predicted molar refractivity (Wildman–Crippen MR) is 81.2 cm³/mol. The first-order valence-electron chi connectivity index (χ1n) is 6.37. The Hall–Kier alpha value is -3.42. The third-order valence-corrected chi connectivity index (χ3v) is 2.91. The number of rotatable bonds is 4. The Balaban J connectivity index is 2.08. The highest BCUT2D eigenvalue weighted by molar-refractivity contribution is 5.96. The van der Waals surface area contributed by atoms with Crippen LogP contribution < -0.4 is 10.2 Å². The molecule has 2 rings (SSSR count). The quantitative estimate of drug-likeness (QED) is 0.328. The number of hydrogen-bond acceptors (Lipinski definition) is 7. The molecule has 0 atom stereocenters. The van der Waals surface area contributed by atoms with Gasteiger partial charge in [0, 0.05) is 5.56 Å². The molecule has 0 aliphatic rings. The van der Waals surface area contributed by atoms with Gasteiger partial charge in [-0.05, 0) is 35.9 Å². The first-order valence-corrected chi connectivity index (χ1v) is 6.37. The molecule has 0 saturated carbocycles. The number of phenols is 4. The van der Waals surface area contributed by atoms with Crippen molar-refractivity contribution in [3.63, 3.8) is 0 Å². The van der Waals surface area contributed by atoms with E-state index in [4.69, 9.17) is 4.74 Å². The van der Waals surface area contributed by atoms with Gasteiger partial charge in [0.25, 0.3) is 5.91 Å². The van der Waals surface area contributed by atoms with Crippen LogP contribution in [0.4, 0.5) is 0 Å². The minimum Gasteiger partial charge on any atom is -0.504 e. The third kappa shape index (κ3) is 3.62. The monoisotopic (exact) mass is 318 g/mol. The van der Waals surface area contributed by atoms with Gasteiger partial charge in [0.2, 0.25) is 0 Å². The average molecular weight is 318 g/mol. The van der Waals surface area contributed by atoms with E-state index >= 15 is 0 Å². The van der Waals surface area contributed by atoms with Gasteiger partial charge in [-0.1, -0.05) is 0 Å². The largest absolute Gasteiger partial charge is 0.504 e. The molecular weight excluding hydrogens is 304 g/mol. The topological polar surface area (TPSA) is 132 Å². The molecule has 0 heterocycles. The van der Waals surface area contributed by atoms with Crippen LogP contribution >= 0.6 is 0 Å². The van der Waals surface area contributed by atoms with Crippen LogP contribution in [0.15, 0.2) is 35.4 Å². The van der Waals surface area contributed by atoms with E-state index in [1.807, 2.05) is 0 Å². The lowest BCUT2D eigenvalue weighted by molar-refractivity contribution is 0.0954. The summed E-state index contributed by atoms with van der Waals surface area (Å²) in [6, 6.07) is 6.52. The molecule has 1 amide bonds. The lowest BCUT2D eigenvalue weighted by atomic mass is 10.2. The Morgan fingerprint density at radius 2 is 1.74 bits per heavy atom. The molecule has 0 saturated heterocycles. The number of amides is 1. The van der Waals surface area contributed by atoms with Crippen LogP contribution in [0.5, 0.6) is 28.7 Å². The molecule has 5 N–H and O–H groups in total. The summed E-state index contributed by atoms with van der Waals surface area (Å²) >= 11 is 0. The maximum Gasteiger partial charge on any atom is 0.271 e. The van der Waals surface area contributed by atoms with Crippen molar-refractivity contribution in [3.05, 3.63) is 41.5 Å². The van der Waals surface area contributed by atoms with E-state index in [1.54, 1.807) is 6.07 Å². The summed E-state index contributed by atoms with van der Waals surface area (Å²) in [4.78, 5) is 11.8. The van der Waals surface area contributed by atoms with Crippen molar-refractivity contribution in [2.24, 2.45) is 5.10 Å². The number of nitrogens with zero attached hydrogens (tertiary/aromatic N) is 1. The highest BCUT2D eigenvalue weighted by atomic mass is 16.5. The molecule has 23 heavy (non-hydrogen) atoms. The number of aromatic hydroxyl groups is 4. The molecule has 2 aromatic carbocycles. The van der Waals surface area contributed by atoms with E-state index in [9.17, 15) is 25.2 Å². The first kappa shape index (κ1) is 16.0. The second-order valence-corrected chi connectivity index (χ2v) is 4.49. The Bertz CT molecular complexity index is 750. The number of carbonyl (C=O) groups is 1. The molecule has 8 heteroatoms. The van der Waals surface area contributed by atoms with E-state index in [2.05, 4.69) is 10.5 Å². The van der Waals surface area contributed by atoms with Crippen LogP contribution in [-0.2, 0) is 0 Å². The fraction of sp³-hybridized carbons (Fsp3) is 0.0667. The number of ether oxygens (including phenoxy) is 1. The summed E-state index contributed by atoms with van der Waals surface area (Å²) in [6.45, 7) is 0. The zero-order valence-electron chi connectivity index (χ0n) is 12.0. The van der Waals surface area contributed by atoms with E-state index in [0.717, 1.165) is 12.1 Å². The zero-order chi connectivity index (χ0) is 17.0. The smallest absolute Gasteiger partial charge is 0.271 e. The molecule has 2 aromatic rings. The highest BCUT2D eigenvalue weighted by Gasteiger charge is 2.12. The van der Waals surface area contributed by atoms with Crippen LogP contribution in [0.25, 0.3) is 0 Å². The number of hydrazone groups is 1. The fourth-order valence-electron chi connectivity index (χ4n) is 1.75. The lowest BCUT2D eigenvalue weighted by Crippen LogP contribution is -2.17. The predicted octanol–water partition coefficient (Wildman–Crippen LogP) is 1.28. The van der Waals surface area contributed by atoms with Gasteiger partial charge in [-0.25, -0.2) is 5.43 Å². The van der Waals surface area contributed by atoms with Crippen LogP contribution in [0.1, 0.15) is 15.9 Å². The molecule has 0 aliphatic carbocycles. The Labute approximate surface area is 130 Å². The Morgan fingerprint density at radius 1 is 1.09 bits per heavy atom. The van der Waals surface area contributed by atoms with Gasteiger partial charge >= 0.3 is 0 Å². The van der Waals surface area contributed by atoms with Crippen molar-refractivity contribution in [1.82, 2.24) is 5.43 Å². The number of methoxy groups -OCH3 is 1. The molecule has 120 valence electrons. The number of phenolic OH excluding ortho intramolecular Hbond substituents is 4. The second kappa shape index (κ2) is 6.56. The summed E-state index contributed by atoms with van der Waals surface area (Å²) in [7, 11) is 1.42. The van der Waals surface area contributed by atoms with Crippen LogP contribution in [0.2, 0.25) is 0 Å². The number of benzene rings is 2. The van der Waals surface area contributed by atoms with Crippen molar-refractivity contribution in [1.29, 1.82) is 0 Å². The summed E-state index contributed by atoms with van der Waals surface area (Å²) in [5.41, 5.74) is 2.61. The molecule has 0 spiro atoms. The summed E-state index contributed by atoms with van der Waals surface area (Å²) < 4.78 is 4.90. The minimum absolute atomic E-state index is 0.0730. The first-order chi connectivity index (χ1) is 10.9. The van der Waals surface area contributed by atoms with Crippen molar-refractivity contribution < 1.29 is 30.0 Å². The fourth-order valence-corrected chi connectivity index (χ4v) is 1.75. The second-order valence-electron chi connectivity index (χ2n) is 4.49. The van der Waals surface area contributed by atoms with Crippen molar-refractivity contribution in [3.8, 4) is 28.7 Å². The van der Waals surface area contributed by atoms with Crippen molar-refractivity contribution >= 4 is 12.1 Å². The Morgan fingerprint density at radius 3 is 2.30 bits per heavy atom. The zero-order valence-corrected chi connectivity index (χ0v) is 12.0. The highest BCUT2D eigenvalue weighted by Crippen LogP contribution is 2.35. The minimum atomic E-state index is -0.709. The van der Waals surface area contributed by atoms with Gasteiger partial charge in [-0.3, -0.25) is 4.79 Å². The van der Waals surface area contributed by atoms with Gasteiger partial charge in [-0.15, -0.1) is 0 Å². The van der Waals surface area contributed by atoms with Crippen LogP contribution in [-0.4, -0.2) is 39.7 Å². The molecule has 8 nitrogen and oxygen atoms in total. The maximum atomic E-state index is 11.8. The van der Waals surface area contributed by atoms with Crippen LogP contribution in [0.3, 0.4) is 0 Å². The van der Waals surface area contributed by atoms with Gasteiger partial charge in [0.15, 0.2) is 28.7 Å². The average Bonchev–Trinajstić information content (AvgIpc) is 2.52. The van der Waals surface area contributed by atoms with E-state index in [-0.39, 0.29) is 11.3 Å². The molecule has 0 bridgehead atoms. The molecular formula is C15H14N2O6. The maximum absolute atomic E-state index is 11.8. The normalized spacial score (nSPS) is 10.7. The summed E-state index contributed by atoms with van der Waals surface area (Å²) in [6.07, 6.45) is 1.29. The molecule has 0 fully saturated rings. The van der Waals surface area contributed by atoms with Gasteiger partial charge in [0.1, 0.15) is 0 Å². The SMILES string of the molecule is COc1ccc(C=NNC(=O)c2cc(O)c(O)c(O)c2)cc1O. The molecule has 0 unspecified atom stereocenters. The van der Waals surface area contributed by atoms with Gasteiger partial charge in [-0.2, -0.15) is 5.10 Å². The third-order valence-electron chi connectivity index (χ3n) is 2.91. The number of nitrogens with one attached hydrogen (secondary N) is 1. The number of carbonyl (C=O) groups excluding carboxylic acids is 1. The van der Waals surface area contributed by atoms with E-state index in [0.29, 0.717) is 11.3 Å². The standard InChI is InChI=1S/C15H14N2O6/c1-23-13-3-2-8(4-10(13)18)7-16-17-15(22)9-5-11(19)14(21)12(20)6-9/h2-7,18-21H,1H3,(H,17,22). The van der Waals surface area contributed by atoms with E-state index < -0.39 is 23.2 Å². The molecule has 0 aliphatic heterocycles.